The lowest BCUT2D eigenvalue weighted by atomic mass is 10.0. The molecule has 1 aliphatic rings. The molecule has 1 fully saturated rings. The van der Waals surface area contributed by atoms with Crippen LogP contribution in [-0.2, 0) is 16.0 Å². The van der Waals surface area contributed by atoms with Gasteiger partial charge < -0.3 is 14.8 Å². The highest BCUT2D eigenvalue weighted by Gasteiger charge is 2.29. The van der Waals surface area contributed by atoms with Gasteiger partial charge in [-0.15, -0.1) is 5.10 Å². The number of benzene rings is 1. The predicted octanol–water partition coefficient (Wildman–Crippen LogP) is 3.46. The van der Waals surface area contributed by atoms with E-state index >= 15 is 0 Å². The van der Waals surface area contributed by atoms with Crippen LogP contribution in [0.1, 0.15) is 30.4 Å². The number of alkyl halides is 3. The van der Waals surface area contributed by atoms with Gasteiger partial charge in [0.25, 0.3) is 0 Å². The van der Waals surface area contributed by atoms with Gasteiger partial charge in [-0.3, -0.25) is 0 Å². The van der Waals surface area contributed by atoms with Crippen molar-refractivity contribution in [2.24, 2.45) is 0 Å². The highest BCUT2D eigenvalue weighted by atomic mass is 19.4. The summed E-state index contributed by atoms with van der Waals surface area (Å²) in [7, 11) is 0. The van der Waals surface area contributed by atoms with Gasteiger partial charge in [-0.2, -0.15) is 13.2 Å². The van der Waals surface area contributed by atoms with E-state index in [-0.39, 0.29) is 12.6 Å². The lowest BCUT2D eigenvalue weighted by Gasteiger charge is -2.21. The molecule has 1 aromatic heterocycles. The maximum atomic E-state index is 12.0. The number of aromatic nitrogens is 3. The topological polar surface area (TPSA) is 78.3 Å². The molecule has 2 aromatic rings. The first-order valence-corrected chi connectivity index (χ1v) is 9.89. The first-order chi connectivity index (χ1) is 14.8. The van der Waals surface area contributed by atoms with E-state index in [2.05, 4.69) is 32.2 Å². The first kappa shape index (κ1) is 22.6. The van der Waals surface area contributed by atoms with E-state index in [4.69, 9.17) is 4.74 Å². The number of amides is 1. The van der Waals surface area contributed by atoms with Crippen molar-refractivity contribution in [2.45, 2.75) is 45.0 Å². The first-order valence-electron chi connectivity index (χ1n) is 9.89. The fourth-order valence-corrected chi connectivity index (χ4v) is 3.16. The molecule has 0 spiro atoms. The van der Waals surface area contributed by atoms with Crippen molar-refractivity contribution >= 4 is 6.09 Å². The fraction of sp³-hybridized carbons (Fsp3) is 0.476. The molecule has 1 N–H and O–H groups in total. The molecule has 166 valence electrons. The monoisotopic (exact) mass is 436 g/mol. The lowest BCUT2D eigenvalue weighted by Crippen LogP contribution is -2.29. The summed E-state index contributed by atoms with van der Waals surface area (Å²) in [5.41, 5.74) is 3.33. The summed E-state index contributed by atoms with van der Waals surface area (Å²) in [5, 5.41) is 10.6. The summed E-state index contributed by atoms with van der Waals surface area (Å²) in [5.74, 6) is 5.53. The zero-order valence-corrected chi connectivity index (χ0v) is 17.0. The largest absolute Gasteiger partial charge is 0.440 e. The second kappa shape index (κ2) is 10.3. The summed E-state index contributed by atoms with van der Waals surface area (Å²) in [6.45, 7) is 1.63. The molecular weight excluding hydrogens is 413 g/mol. The summed E-state index contributed by atoms with van der Waals surface area (Å²) < 4.78 is 47.5. The van der Waals surface area contributed by atoms with Crippen LogP contribution in [0.5, 0.6) is 0 Å². The zero-order chi connectivity index (χ0) is 22.3. The summed E-state index contributed by atoms with van der Waals surface area (Å²) in [6, 6.07) is 5.56. The van der Waals surface area contributed by atoms with Gasteiger partial charge in [0.05, 0.1) is 25.4 Å². The van der Waals surface area contributed by atoms with Crippen LogP contribution in [0.4, 0.5) is 18.0 Å². The Morgan fingerprint density at radius 3 is 2.94 bits per heavy atom. The Morgan fingerprint density at radius 2 is 2.23 bits per heavy atom. The molecule has 7 nitrogen and oxygen atoms in total. The number of aryl methyl sites for hydroxylation is 1. The Balaban J connectivity index is 1.53. The Hall–Kier alpha value is -3.06. The molecule has 31 heavy (non-hydrogen) atoms. The Kier molecular flexibility index (Phi) is 7.52. The van der Waals surface area contributed by atoms with Crippen molar-refractivity contribution in [3.05, 3.63) is 35.5 Å². The van der Waals surface area contributed by atoms with Crippen LogP contribution in [0.2, 0.25) is 0 Å². The average Bonchev–Trinajstić information content (AvgIpc) is 3.18. The average molecular weight is 436 g/mol. The number of hydrogen-bond donors (Lipinski definition) is 1. The quantitative estimate of drug-likeness (QED) is 0.727. The molecule has 3 rings (SSSR count). The Bertz CT molecular complexity index is 957. The molecule has 0 aliphatic carbocycles. The van der Waals surface area contributed by atoms with Gasteiger partial charge in [-0.05, 0) is 43.9 Å². The third-order valence-corrected chi connectivity index (χ3v) is 4.63. The number of nitrogens with one attached hydrogen (secondary N) is 1. The normalized spacial score (nSPS) is 16.3. The molecule has 1 aromatic carbocycles. The van der Waals surface area contributed by atoms with E-state index in [0.29, 0.717) is 12.1 Å². The predicted molar refractivity (Wildman–Crippen MR) is 106 cm³/mol. The smallest absolute Gasteiger partial charge is 0.422 e. The van der Waals surface area contributed by atoms with Crippen molar-refractivity contribution in [1.29, 1.82) is 0 Å². The highest BCUT2D eigenvalue weighted by Crippen LogP contribution is 2.22. The van der Waals surface area contributed by atoms with Crippen molar-refractivity contribution in [2.75, 3.05) is 19.8 Å². The van der Waals surface area contributed by atoms with E-state index in [1.807, 2.05) is 25.3 Å². The van der Waals surface area contributed by atoms with E-state index in [1.54, 1.807) is 10.7 Å². The van der Waals surface area contributed by atoms with Crippen molar-refractivity contribution in [3.63, 3.8) is 0 Å². The Morgan fingerprint density at radius 1 is 1.39 bits per heavy atom. The number of rotatable bonds is 5. The number of alkyl carbamates (subject to hydrolysis) is 1. The number of carbonyl (C=O) groups excluding carboxylic acids is 1. The highest BCUT2D eigenvalue weighted by molar-refractivity contribution is 5.67. The van der Waals surface area contributed by atoms with E-state index in [1.165, 1.54) is 0 Å². The third kappa shape index (κ3) is 7.29. The van der Waals surface area contributed by atoms with Gasteiger partial charge >= 0.3 is 12.3 Å². The molecule has 0 saturated carbocycles. The molecule has 1 atom stereocenters. The number of ether oxygens (including phenoxy) is 2. The number of hydrogen-bond acceptors (Lipinski definition) is 5. The fourth-order valence-electron chi connectivity index (χ4n) is 3.16. The van der Waals surface area contributed by atoms with Gasteiger partial charge in [0.1, 0.15) is 5.69 Å². The third-order valence-electron chi connectivity index (χ3n) is 4.63. The van der Waals surface area contributed by atoms with Crippen molar-refractivity contribution in [3.8, 4) is 23.1 Å². The van der Waals surface area contributed by atoms with Gasteiger partial charge in [0.15, 0.2) is 6.61 Å². The van der Waals surface area contributed by atoms with Gasteiger partial charge in [0.2, 0.25) is 0 Å². The van der Waals surface area contributed by atoms with E-state index in [0.717, 1.165) is 42.7 Å². The molecule has 0 radical (unpaired) electrons. The van der Waals surface area contributed by atoms with Crippen LogP contribution in [0, 0.1) is 18.8 Å². The molecular formula is C21H23F3N4O3. The summed E-state index contributed by atoms with van der Waals surface area (Å²) >= 11 is 0. The van der Waals surface area contributed by atoms with Gasteiger partial charge in [0, 0.05) is 17.7 Å². The van der Waals surface area contributed by atoms with Crippen LogP contribution in [-0.4, -0.2) is 53.1 Å². The van der Waals surface area contributed by atoms with Crippen LogP contribution < -0.4 is 5.32 Å². The Labute approximate surface area is 177 Å². The van der Waals surface area contributed by atoms with Crippen LogP contribution in [0.3, 0.4) is 0 Å². The number of nitrogens with zero attached hydrogens (tertiary/aromatic N) is 3. The standard InChI is InChI=1S/C21H23F3N4O3/c1-15-11-16(5-4-9-25-20(29)31-14-21(22,23)24)7-8-18(15)19-13-28(27-26-19)12-17-6-2-3-10-30-17/h7-8,11,13,17H,2-3,6,9-10,12,14H2,1H3,(H,25,29). The van der Waals surface area contributed by atoms with Gasteiger partial charge in [-0.25, -0.2) is 9.48 Å². The second-order valence-corrected chi connectivity index (χ2v) is 7.19. The molecule has 10 heteroatoms. The minimum atomic E-state index is -4.56. The van der Waals surface area contributed by atoms with Crippen LogP contribution >= 0.6 is 0 Å². The van der Waals surface area contributed by atoms with E-state index in [9.17, 15) is 18.0 Å². The lowest BCUT2D eigenvalue weighted by molar-refractivity contribution is -0.160. The zero-order valence-electron chi connectivity index (χ0n) is 17.0. The molecule has 0 bridgehead atoms. The molecule has 2 heterocycles. The maximum Gasteiger partial charge on any atom is 0.422 e. The minimum absolute atomic E-state index is 0.130. The minimum Gasteiger partial charge on any atom is -0.440 e. The van der Waals surface area contributed by atoms with Crippen LogP contribution in [0.25, 0.3) is 11.3 Å². The van der Waals surface area contributed by atoms with Crippen molar-refractivity contribution < 1.29 is 27.4 Å². The molecule has 1 saturated heterocycles. The molecule has 1 aliphatic heterocycles. The number of halogens is 3. The molecule has 1 unspecified atom stereocenters. The SMILES string of the molecule is Cc1cc(C#CCNC(=O)OCC(F)(F)F)ccc1-c1cn(CC2CCCCO2)nn1. The second-order valence-electron chi connectivity index (χ2n) is 7.19. The van der Waals surface area contributed by atoms with Crippen molar-refractivity contribution in [1.82, 2.24) is 20.3 Å². The van der Waals surface area contributed by atoms with Crippen LogP contribution in [0.15, 0.2) is 24.4 Å². The van der Waals surface area contributed by atoms with Gasteiger partial charge in [-0.1, -0.05) is 23.1 Å². The number of carbonyl (C=O) groups is 1. The summed E-state index contributed by atoms with van der Waals surface area (Å²) in [6.07, 6.45) is -0.374. The maximum absolute atomic E-state index is 12.0. The van der Waals surface area contributed by atoms with E-state index < -0.39 is 18.9 Å². The molecule has 1 amide bonds. The summed E-state index contributed by atoms with van der Waals surface area (Å²) in [4.78, 5) is 11.2.